The number of anilines is 1. The van der Waals surface area contributed by atoms with Crippen molar-refractivity contribution in [3.63, 3.8) is 0 Å². The largest absolute Gasteiger partial charge is 0.471 e. The van der Waals surface area contributed by atoms with Gasteiger partial charge in [0.15, 0.2) is 0 Å². The number of nitrogens with one attached hydrogen (secondary N) is 1. The molecular weight excluding hydrogens is 351 g/mol. The van der Waals surface area contributed by atoms with Crippen LogP contribution in [0.4, 0.5) is 18.2 Å². The quantitative estimate of drug-likeness (QED) is 0.619. The van der Waals surface area contributed by atoms with Gasteiger partial charge in [0.2, 0.25) is 0 Å². The summed E-state index contributed by atoms with van der Waals surface area (Å²) in [6.07, 6.45) is -3.84. The third-order valence-electron chi connectivity index (χ3n) is 2.63. The van der Waals surface area contributed by atoms with E-state index in [1.54, 1.807) is 5.32 Å². The Bertz CT molecular complexity index is 666. The number of amides is 1. The van der Waals surface area contributed by atoms with E-state index in [-0.39, 0.29) is 29.2 Å². The van der Waals surface area contributed by atoms with Gasteiger partial charge >= 0.3 is 24.0 Å². The number of alkyl halides is 3. The maximum Gasteiger partial charge on any atom is 0.471 e. The second-order valence-electron chi connectivity index (χ2n) is 4.32. The van der Waals surface area contributed by atoms with Crippen molar-refractivity contribution in [3.8, 4) is 0 Å². The molecule has 0 atom stereocenters. The molecule has 24 heavy (non-hydrogen) atoms. The highest BCUT2D eigenvalue weighted by Crippen LogP contribution is 2.35. The minimum absolute atomic E-state index is 0.0307. The lowest BCUT2D eigenvalue weighted by Crippen LogP contribution is -2.30. The molecule has 6 nitrogen and oxygen atoms in total. The molecule has 0 aliphatic rings. The van der Waals surface area contributed by atoms with Gasteiger partial charge in [-0.1, -0.05) is 12.7 Å². The summed E-state index contributed by atoms with van der Waals surface area (Å²) < 4.78 is 46.8. The molecule has 1 aromatic heterocycles. The van der Waals surface area contributed by atoms with Gasteiger partial charge in [-0.05, 0) is 19.4 Å². The molecule has 0 saturated heterocycles. The van der Waals surface area contributed by atoms with Crippen LogP contribution in [-0.2, 0) is 14.3 Å². The van der Waals surface area contributed by atoms with Crippen molar-refractivity contribution in [2.24, 2.45) is 0 Å². The molecule has 1 heterocycles. The Morgan fingerprint density at radius 1 is 1.25 bits per heavy atom. The van der Waals surface area contributed by atoms with Crippen LogP contribution < -0.4 is 5.32 Å². The van der Waals surface area contributed by atoms with Gasteiger partial charge in [-0.2, -0.15) is 13.2 Å². The van der Waals surface area contributed by atoms with E-state index >= 15 is 0 Å². The first-order chi connectivity index (χ1) is 11.1. The molecule has 0 bridgehead atoms. The summed E-state index contributed by atoms with van der Waals surface area (Å²) in [7, 11) is 0. The van der Waals surface area contributed by atoms with E-state index in [9.17, 15) is 27.6 Å². The van der Waals surface area contributed by atoms with Crippen LogP contribution in [0.15, 0.2) is 12.7 Å². The maximum absolute atomic E-state index is 12.4. The van der Waals surface area contributed by atoms with Crippen molar-refractivity contribution in [1.29, 1.82) is 0 Å². The lowest BCUT2D eigenvalue weighted by Gasteiger charge is -2.08. The van der Waals surface area contributed by atoms with Gasteiger partial charge in [-0.25, -0.2) is 9.59 Å². The van der Waals surface area contributed by atoms with Gasteiger partial charge in [0.05, 0.1) is 12.2 Å². The van der Waals surface area contributed by atoms with Crippen molar-refractivity contribution in [2.75, 3.05) is 18.5 Å². The fourth-order valence-corrected chi connectivity index (χ4v) is 2.70. The second kappa shape index (κ2) is 7.95. The highest BCUT2D eigenvalue weighted by molar-refractivity contribution is 7.18. The maximum atomic E-state index is 12.4. The zero-order chi connectivity index (χ0) is 18.5. The lowest BCUT2D eigenvalue weighted by molar-refractivity contribution is -0.167. The molecule has 1 N–H and O–H groups in total. The number of rotatable bonds is 6. The SMILES string of the molecule is C=CCOC(=O)c1sc(NC(=O)C(F)(F)F)c(C(=O)OCC)c1C. The predicted octanol–water partition coefficient (Wildman–Crippen LogP) is 3.08. The van der Waals surface area contributed by atoms with Gasteiger partial charge in [0.1, 0.15) is 16.5 Å². The highest BCUT2D eigenvalue weighted by atomic mass is 32.1. The van der Waals surface area contributed by atoms with E-state index in [0.717, 1.165) is 0 Å². The standard InChI is InChI=1S/C14H14F3NO5S/c1-4-6-23-12(20)9-7(3)8(11(19)22-5-2)10(24-9)18-13(21)14(15,16)17/h4H,1,5-6H2,2-3H3,(H,18,21). The average Bonchev–Trinajstić information content (AvgIpc) is 2.80. The first-order valence-electron chi connectivity index (χ1n) is 6.60. The molecule has 10 heteroatoms. The minimum atomic E-state index is -5.15. The molecule has 0 spiro atoms. The van der Waals surface area contributed by atoms with Crippen LogP contribution >= 0.6 is 11.3 Å². The van der Waals surface area contributed by atoms with Gasteiger partial charge < -0.3 is 14.8 Å². The van der Waals surface area contributed by atoms with Crippen LogP contribution in [-0.4, -0.2) is 37.2 Å². The molecule has 0 fully saturated rings. The smallest absolute Gasteiger partial charge is 0.462 e. The molecule has 1 amide bonds. The fraction of sp³-hybridized carbons (Fsp3) is 0.357. The Morgan fingerprint density at radius 3 is 2.38 bits per heavy atom. The van der Waals surface area contributed by atoms with Crippen LogP contribution in [0.1, 0.15) is 32.5 Å². The zero-order valence-corrected chi connectivity index (χ0v) is 13.6. The normalized spacial score (nSPS) is 10.9. The van der Waals surface area contributed by atoms with E-state index in [0.29, 0.717) is 11.3 Å². The number of esters is 2. The summed E-state index contributed by atoms with van der Waals surface area (Å²) in [6, 6.07) is 0. The third-order valence-corrected chi connectivity index (χ3v) is 3.82. The summed E-state index contributed by atoms with van der Waals surface area (Å²) in [5.74, 6) is -4.07. The highest BCUT2D eigenvalue weighted by Gasteiger charge is 2.40. The van der Waals surface area contributed by atoms with Crippen molar-refractivity contribution < 1.29 is 37.0 Å². The molecule has 0 aliphatic heterocycles. The molecule has 1 rings (SSSR count). The van der Waals surface area contributed by atoms with Gasteiger partial charge in [-0.3, -0.25) is 4.79 Å². The Labute approximate surface area is 139 Å². The summed E-state index contributed by atoms with van der Waals surface area (Å²) in [6.45, 7) is 6.06. The Hall–Kier alpha value is -2.36. The Balaban J connectivity index is 3.29. The lowest BCUT2D eigenvalue weighted by atomic mass is 10.1. The molecule has 1 aromatic rings. The number of carbonyl (C=O) groups excluding carboxylic acids is 3. The summed E-state index contributed by atoms with van der Waals surface area (Å²) >= 11 is 0.502. The van der Waals surface area contributed by atoms with Crippen molar-refractivity contribution >= 4 is 34.2 Å². The molecular formula is C14H14F3NO5S. The summed E-state index contributed by atoms with van der Waals surface area (Å²) in [5.41, 5.74) is -0.255. The Kier molecular flexibility index (Phi) is 6.52. The molecule has 0 aliphatic carbocycles. The first-order valence-corrected chi connectivity index (χ1v) is 7.41. The predicted molar refractivity (Wildman–Crippen MR) is 80.2 cm³/mol. The Morgan fingerprint density at radius 2 is 1.88 bits per heavy atom. The van der Waals surface area contributed by atoms with Crippen LogP contribution in [0.5, 0.6) is 0 Å². The molecule has 132 valence electrons. The minimum Gasteiger partial charge on any atom is -0.462 e. The number of hydrogen-bond donors (Lipinski definition) is 1. The van der Waals surface area contributed by atoms with Gasteiger partial charge in [0.25, 0.3) is 0 Å². The van der Waals surface area contributed by atoms with Crippen molar-refractivity contribution in [2.45, 2.75) is 20.0 Å². The number of carbonyl (C=O) groups is 3. The first kappa shape index (κ1) is 19.7. The fourth-order valence-electron chi connectivity index (χ4n) is 1.62. The zero-order valence-electron chi connectivity index (χ0n) is 12.8. The topological polar surface area (TPSA) is 81.7 Å². The third kappa shape index (κ3) is 4.57. The molecule has 0 unspecified atom stereocenters. The molecule has 0 saturated carbocycles. The van der Waals surface area contributed by atoms with Crippen molar-refractivity contribution in [1.82, 2.24) is 0 Å². The average molecular weight is 365 g/mol. The number of hydrogen-bond acceptors (Lipinski definition) is 6. The van der Waals surface area contributed by atoms with Crippen LogP contribution in [0, 0.1) is 6.92 Å². The molecule has 0 radical (unpaired) electrons. The number of thiophene rings is 1. The number of ether oxygens (including phenoxy) is 2. The van der Waals surface area contributed by atoms with Gasteiger partial charge in [-0.15, -0.1) is 11.3 Å². The van der Waals surface area contributed by atoms with E-state index < -0.39 is 29.0 Å². The monoisotopic (exact) mass is 365 g/mol. The van der Waals surface area contributed by atoms with Gasteiger partial charge in [0, 0.05) is 0 Å². The van der Waals surface area contributed by atoms with E-state index in [1.807, 2.05) is 0 Å². The number of halogens is 3. The summed E-state index contributed by atoms with van der Waals surface area (Å²) in [4.78, 5) is 34.9. The summed E-state index contributed by atoms with van der Waals surface area (Å²) in [5, 5.41) is 1.16. The van der Waals surface area contributed by atoms with E-state index in [4.69, 9.17) is 9.47 Å². The van der Waals surface area contributed by atoms with Crippen LogP contribution in [0.3, 0.4) is 0 Å². The van der Waals surface area contributed by atoms with Crippen LogP contribution in [0.25, 0.3) is 0 Å². The molecule has 0 aromatic carbocycles. The van der Waals surface area contributed by atoms with Crippen LogP contribution in [0.2, 0.25) is 0 Å². The van der Waals surface area contributed by atoms with Crippen molar-refractivity contribution in [3.05, 3.63) is 28.7 Å². The second-order valence-corrected chi connectivity index (χ2v) is 5.34. The van der Waals surface area contributed by atoms with E-state index in [1.165, 1.54) is 19.9 Å². The van der Waals surface area contributed by atoms with E-state index in [2.05, 4.69) is 6.58 Å².